The van der Waals surface area contributed by atoms with Crippen molar-refractivity contribution in [2.24, 2.45) is 0 Å². The molecule has 0 aliphatic heterocycles. The topological polar surface area (TPSA) is 54.4 Å². The van der Waals surface area contributed by atoms with Gasteiger partial charge < -0.3 is 0 Å². The zero-order valence-electron chi connectivity index (χ0n) is 11.7. The molecule has 0 spiro atoms. The van der Waals surface area contributed by atoms with Gasteiger partial charge in [0.25, 0.3) is 10.1 Å². The lowest BCUT2D eigenvalue weighted by Gasteiger charge is -2.02. The van der Waals surface area contributed by atoms with Gasteiger partial charge in [-0.15, -0.1) is 0 Å². The molecule has 4 heteroatoms. The Hall–Kier alpha value is -0.0900. The first kappa shape index (κ1) is 17.9. The van der Waals surface area contributed by atoms with E-state index in [0.29, 0.717) is 6.42 Å². The molecule has 0 aromatic carbocycles. The number of unbranched alkanes of at least 4 members (excludes halogenated alkanes) is 11. The average Bonchev–Trinajstić information content (AvgIpc) is 2.29. The van der Waals surface area contributed by atoms with Crippen LogP contribution in [-0.4, -0.2) is 18.7 Å². The molecule has 0 aromatic rings. The van der Waals surface area contributed by atoms with Gasteiger partial charge in [0.05, 0.1) is 5.75 Å². The lowest BCUT2D eigenvalue weighted by Crippen LogP contribution is -2.03. The van der Waals surface area contributed by atoms with E-state index in [1.54, 1.807) is 0 Å². The van der Waals surface area contributed by atoms with Crippen LogP contribution in [0, 0.1) is 6.42 Å². The van der Waals surface area contributed by atoms with Gasteiger partial charge in [-0.05, 0) is 12.8 Å². The van der Waals surface area contributed by atoms with Crippen molar-refractivity contribution < 1.29 is 13.0 Å². The Balaban J connectivity index is 3.03. The third-order valence-electron chi connectivity index (χ3n) is 3.09. The third-order valence-corrected chi connectivity index (χ3v) is 3.84. The monoisotopic (exact) mass is 277 g/mol. The van der Waals surface area contributed by atoms with Crippen LogP contribution < -0.4 is 0 Å². The molecule has 0 rings (SSSR count). The zero-order valence-corrected chi connectivity index (χ0v) is 12.6. The fourth-order valence-electron chi connectivity index (χ4n) is 1.98. The highest BCUT2D eigenvalue weighted by molar-refractivity contribution is 7.85. The van der Waals surface area contributed by atoms with E-state index in [-0.39, 0.29) is 5.75 Å². The first-order valence-electron chi connectivity index (χ1n) is 7.33. The highest BCUT2D eigenvalue weighted by Gasteiger charge is 2.02. The van der Waals surface area contributed by atoms with Crippen LogP contribution in [0.25, 0.3) is 0 Å². The molecule has 0 fully saturated rings. The SMILES string of the molecule is CCCCCCCCCCC[CH]CCS(=O)(=O)O. The Morgan fingerprint density at radius 1 is 0.833 bits per heavy atom. The van der Waals surface area contributed by atoms with Crippen molar-refractivity contribution in [1.82, 2.24) is 0 Å². The van der Waals surface area contributed by atoms with Gasteiger partial charge >= 0.3 is 0 Å². The molecule has 0 amide bonds. The molecule has 0 saturated carbocycles. The van der Waals surface area contributed by atoms with Crippen LogP contribution in [0.5, 0.6) is 0 Å². The molecule has 0 bridgehead atoms. The highest BCUT2D eigenvalue weighted by atomic mass is 32.2. The zero-order chi connectivity index (χ0) is 13.7. The first-order valence-corrected chi connectivity index (χ1v) is 8.94. The van der Waals surface area contributed by atoms with Gasteiger partial charge in [-0.2, -0.15) is 8.42 Å². The summed E-state index contributed by atoms with van der Waals surface area (Å²) in [5.41, 5.74) is 0. The van der Waals surface area contributed by atoms with Gasteiger partial charge in [0.1, 0.15) is 0 Å². The molecule has 0 heterocycles. The summed E-state index contributed by atoms with van der Waals surface area (Å²) in [5.74, 6) is -0.134. The third kappa shape index (κ3) is 15.9. The summed E-state index contributed by atoms with van der Waals surface area (Å²) in [6.45, 7) is 2.23. The maximum Gasteiger partial charge on any atom is 0.264 e. The largest absolute Gasteiger partial charge is 0.286 e. The van der Waals surface area contributed by atoms with Crippen LogP contribution in [0.4, 0.5) is 0 Å². The standard InChI is InChI=1S/C14H29O3S/c1-2-3-4-5-6-7-8-9-10-11-12-13-14-18(15,16)17/h12H,2-11,13-14H2,1H3,(H,15,16,17). The van der Waals surface area contributed by atoms with Crippen LogP contribution in [-0.2, 0) is 10.1 Å². The number of hydrogen-bond acceptors (Lipinski definition) is 2. The van der Waals surface area contributed by atoms with Gasteiger partial charge in [-0.1, -0.05) is 71.1 Å². The Morgan fingerprint density at radius 3 is 1.83 bits per heavy atom. The van der Waals surface area contributed by atoms with E-state index >= 15 is 0 Å². The molecule has 0 saturated heterocycles. The molecule has 0 aliphatic rings. The predicted octanol–water partition coefficient (Wildman–Crippen LogP) is 4.39. The van der Waals surface area contributed by atoms with Crippen LogP contribution >= 0.6 is 0 Å². The maximum atomic E-state index is 10.4. The van der Waals surface area contributed by atoms with Gasteiger partial charge in [0.2, 0.25) is 0 Å². The summed E-state index contributed by atoms with van der Waals surface area (Å²) in [5, 5.41) is 0. The molecule has 109 valence electrons. The molecule has 1 radical (unpaired) electrons. The smallest absolute Gasteiger partial charge is 0.264 e. The van der Waals surface area contributed by atoms with Crippen molar-refractivity contribution in [2.45, 2.75) is 77.6 Å². The Labute approximate surface area is 113 Å². The van der Waals surface area contributed by atoms with Crippen molar-refractivity contribution in [3.63, 3.8) is 0 Å². The summed E-state index contributed by atoms with van der Waals surface area (Å²) in [7, 11) is -3.77. The highest BCUT2D eigenvalue weighted by Crippen LogP contribution is 2.11. The second-order valence-corrected chi connectivity index (χ2v) is 6.55. The maximum absolute atomic E-state index is 10.4. The lowest BCUT2D eigenvalue weighted by molar-refractivity contribution is 0.482. The van der Waals surface area contributed by atoms with E-state index in [4.69, 9.17) is 4.55 Å². The van der Waals surface area contributed by atoms with E-state index in [1.165, 1.54) is 51.4 Å². The van der Waals surface area contributed by atoms with Crippen LogP contribution in [0.3, 0.4) is 0 Å². The van der Waals surface area contributed by atoms with E-state index in [9.17, 15) is 8.42 Å². The average molecular weight is 277 g/mol. The van der Waals surface area contributed by atoms with Crippen molar-refractivity contribution in [3.05, 3.63) is 6.42 Å². The summed E-state index contributed by atoms with van der Waals surface area (Å²) >= 11 is 0. The minimum Gasteiger partial charge on any atom is -0.286 e. The van der Waals surface area contributed by atoms with Crippen LogP contribution in [0.2, 0.25) is 0 Å². The number of rotatable bonds is 13. The summed E-state index contributed by atoms with van der Waals surface area (Å²) in [4.78, 5) is 0. The Bertz CT molecular complexity index is 260. The molecule has 1 N–H and O–H groups in total. The molecule has 0 unspecified atom stereocenters. The summed E-state index contributed by atoms with van der Waals surface area (Å²) in [6, 6.07) is 0. The molecule has 0 atom stereocenters. The van der Waals surface area contributed by atoms with Gasteiger partial charge in [0, 0.05) is 0 Å². The summed E-state index contributed by atoms with van der Waals surface area (Å²) in [6.07, 6.45) is 15.2. The second kappa shape index (κ2) is 12.0. The normalized spacial score (nSPS) is 11.9. The van der Waals surface area contributed by atoms with Gasteiger partial charge in [0.15, 0.2) is 0 Å². The molecule has 3 nitrogen and oxygen atoms in total. The van der Waals surface area contributed by atoms with Gasteiger partial charge in [-0.25, -0.2) is 0 Å². The Kier molecular flexibility index (Phi) is 11.9. The quantitative estimate of drug-likeness (QED) is 0.401. The van der Waals surface area contributed by atoms with E-state index in [2.05, 4.69) is 6.92 Å². The fraction of sp³-hybridized carbons (Fsp3) is 0.929. The molecular weight excluding hydrogens is 248 g/mol. The molecule has 18 heavy (non-hydrogen) atoms. The van der Waals surface area contributed by atoms with Crippen molar-refractivity contribution in [1.29, 1.82) is 0 Å². The lowest BCUT2D eigenvalue weighted by atomic mass is 10.1. The summed E-state index contributed by atoms with van der Waals surface area (Å²) < 4.78 is 29.4. The fourth-order valence-corrected chi connectivity index (χ4v) is 2.44. The van der Waals surface area contributed by atoms with E-state index in [0.717, 1.165) is 12.8 Å². The van der Waals surface area contributed by atoms with Crippen LogP contribution in [0.15, 0.2) is 0 Å². The minimum atomic E-state index is -3.77. The molecular formula is C14H29O3S. The van der Waals surface area contributed by atoms with E-state index in [1.807, 2.05) is 6.42 Å². The molecule has 0 aliphatic carbocycles. The first-order chi connectivity index (χ1) is 8.56. The minimum absolute atomic E-state index is 0.134. The Morgan fingerprint density at radius 2 is 1.33 bits per heavy atom. The van der Waals surface area contributed by atoms with E-state index < -0.39 is 10.1 Å². The molecule has 0 aromatic heterocycles. The predicted molar refractivity (Wildman–Crippen MR) is 77.2 cm³/mol. The van der Waals surface area contributed by atoms with Crippen LogP contribution in [0.1, 0.15) is 77.6 Å². The van der Waals surface area contributed by atoms with Crippen molar-refractivity contribution in [2.75, 3.05) is 5.75 Å². The number of hydrogen-bond donors (Lipinski definition) is 1. The van der Waals surface area contributed by atoms with Crippen molar-refractivity contribution >= 4 is 10.1 Å². The van der Waals surface area contributed by atoms with Crippen molar-refractivity contribution in [3.8, 4) is 0 Å². The van der Waals surface area contributed by atoms with Gasteiger partial charge in [-0.3, -0.25) is 4.55 Å². The second-order valence-electron chi connectivity index (χ2n) is 4.98.